The number of nitrogens with zero attached hydrogens (tertiary/aromatic N) is 2. The quantitative estimate of drug-likeness (QED) is 0.270. The molecule has 0 saturated carbocycles. The minimum atomic E-state index is -0.389. The van der Waals surface area contributed by atoms with Gasteiger partial charge in [0.15, 0.2) is 0 Å². The highest BCUT2D eigenvalue weighted by molar-refractivity contribution is 14.1. The summed E-state index contributed by atoms with van der Waals surface area (Å²) in [4.78, 5) is 12.2. The number of carbonyl (C=O) groups is 1. The zero-order valence-corrected chi connectivity index (χ0v) is 18.3. The number of halogens is 3. The summed E-state index contributed by atoms with van der Waals surface area (Å²) in [5, 5.41) is 4.83. The van der Waals surface area contributed by atoms with Crippen molar-refractivity contribution < 1.29 is 4.79 Å². The number of hydrazone groups is 1. The molecule has 3 aromatic rings. The lowest BCUT2D eigenvalue weighted by Crippen LogP contribution is -2.18. The highest BCUT2D eigenvalue weighted by Gasteiger charge is 2.11. The van der Waals surface area contributed by atoms with E-state index in [-0.39, 0.29) is 10.9 Å². The number of aryl methyl sites for hydroxylation is 1. The van der Waals surface area contributed by atoms with Crippen molar-refractivity contribution in [1.82, 2.24) is 9.99 Å². The average Bonchev–Trinajstić information content (AvgIpc) is 2.89. The third-order valence-corrected chi connectivity index (χ3v) is 5.37. The molecule has 0 unspecified atom stereocenters. The highest BCUT2D eigenvalue weighted by atomic mass is 127. The van der Waals surface area contributed by atoms with Gasteiger partial charge < -0.3 is 4.57 Å². The van der Waals surface area contributed by atoms with Gasteiger partial charge in [0.1, 0.15) is 0 Å². The van der Waals surface area contributed by atoms with E-state index in [1.807, 2.05) is 19.9 Å². The van der Waals surface area contributed by atoms with Crippen LogP contribution in [0.25, 0.3) is 5.69 Å². The first kappa shape index (κ1) is 19.9. The van der Waals surface area contributed by atoms with Crippen LogP contribution in [0, 0.1) is 17.4 Å². The lowest BCUT2D eigenvalue weighted by molar-refractivity contribution is 0.0955. The van der Waals surface area contributed by atoms with E-state index in [2.05, 4.69) is 62.0 Å². The van der Waals surface area contributed by atoms with Crippen molar-refractivity contribution in [3.8, 4) is 5.69 Å². The molecule has 7 heteroatoms. The van der Waals surface area contributed by atoms with Gasteiger partial charge in [-0.1, -0.05) is 23.2 Å². The first-order chi connectivity index (χ1) is 12.9. The molecule has 138 valence electrons. The molecule has 3 rings (SSSR count). The molecular formula is C20H16Cl2IN3O. The Kier molecular flexibility index (Phi) is 6.24. The standard InChI is InChI=1S/C20H16Cl2IN3O/c1-12-9-14(13(2)26(12)17-6-4-16(23)5-7-17)11-24-25-20(27)18-8-3-15(21)10-19(18)22/h3-11H,1-2H3,(H,25,27)/b24-11-. The van der Waals surface area contributed by atoms with Crippen molar-refractivity contribution >= 4 is 57.9 Å². The Hall–Kier alpha value is -1.83. The van der Waals surface area contributed by atoms with E-state index < -0.39 is 0 Å². The molecule has 1 N–H and O–H groups in total. The van der Waals surface area contributed by atoms with Crippen LogP contribution in [0.3, 0.4) is 0 Å². The molecule has 1 aromatic heterocycles. The van der Waals surface area contributed by atoms with E-state index >= 15 is 0 Å². The predicted octanol–water partition coefficient (Wildman–Crippen LogP) is 5.77. The zero-order valence-electron chi connectivity index (χ0n) is 14.6. The molecule has 27 heavy (non-hydrogen) atoms. The fraction of sp³-hybridized carbons (Fsp3) is 0.100. The van der Waals surface area contributed by atoms with Gasteiger partial charge in [0.2, 0.25) is 0 Å². The smallest absolute Gasteiger partial charge is 0.272 e. The van der Waals surface area contributed by atoms with Gasteiger partial charge in [-0.3, -0.25) is 4.79 Å². The molecule has 1 amide bonds. The lowest BCUT2D eigenvalue weighted by Gasteiger charge is -2.09. The predicted molar refractivity (Wildman–Crippen MR) is 119 cm³/mol. The third kappa shape index (κ3) is 4.54. The summed E-state index contributed by atoms with van der Waals surface area (Å²) >= 11 is 14.2. The van der Waals surface area contributed by atoms with E-state index in [4.69, 9.17) is 23.2 Å². The fourth-order valence-corrected chi connectivity index (χ4v) is 3.65. The third-order valence-electron chi connectivity index (χ3n) is 4.10. The summed E-state index contributed by atoms with van der Waals surface area (Å²) in [6.45, 7) is 4.05. The monoisotopic (exact) mass is 511 g/mol. The van der Waals surface area contributed by atoms with Gasteiger partial charge in [-0.25, -0.2) is 5.43 Å². The summed E-state index contributed by atoms with van der Waals surface area (Å²) in [5.74, 6) is -0.389. The summed E-state index contributed by atoms with van der Waals surface area (Å²) < 4.78 is 3.33. The topological polar surface area (TPSA) is 46.4 Å². The van der Waals surface area contributed by atoms with Crippen LogP contribution in [-0.2, 0) is 0 Å². The van der Waals surface area contributed by atoms with Crippen molar-refractivity contribution in [3.05, 3.63) is 84.7 Å². The van der Waals surface area contributed by atoms with Crippen molar-refractivity contribution in [1.29, 1.82) is 0 Å². The van der Waals surface area contributed by atoms with Crippen LogP contribution in [0.2, 0.25) is 10.0 Å². The Labute approximate surface area is 181 Å². The largest absolute Gasteiger partial charge is 0.318 e. The Balaban J connectivity index is 1.79. The second-order valence-corrected chi connectivity index (χ2v) is 8.05. The summed E-state index contributed by atoms with van der Waals surface area (Å²) in [5.41, 5.74) is 6.96. The molecular weight excluding hydrogens is 496 g/mol. The molecule has 2 aromatic carbocycles. The Morgan fingerprint density at radius 2 is 1.81 bits per heavy atom. The van der Waals surface area contributed by atoms with Crippen LogP contribution in [0.1, 0.15) is 27.3 Å². The maximum Gasteiger partial charge on any atom is 0.272 e. The fourth-order valence-electron chi connectivity index (χ4n) is 2.80. The van der Waals surface area contributed by atoms with E-state index in [1.165, 1.54) is 9.64 Å². The number of hydrogen-bond donors (Lipinski definition) is 1. The molecule has 0 spiro atoms. The van der Waals surface area contributed by atoms with Crippen molar-refractivity contribution in [2.45, 2.75) is 13.8 Å². The molecule has 0 atom stereocenters. The Morgan fingerprint density at radius 3 is 2.48 bits per heavy atom. The van der Waals surface area contributed by atoms with Gasteiger partial charge in [-0.05, 0) is 85.0 Å². The van der Waals surface area contributed by atoms with Crippen LogP contribution in [0.4, 0.5) is 0 Å². The SMILES string of the molecule is Cc1cc(/C=N\NC(=O)c2ccc(Cl)cc2Cl)c(C)n1-c1ccc(I)cc1. The number of rotatable bonds is 4. The molecule has 0 fully saturated rings. The van der Waals surface area contributed by atoms with Gasteiger partial charge >= 0.3 is 0 Å². The van der Waals surface area contributed by atoms with Crippen molar-refractivity contribution in [2.75, 3.05) is 0 Å². The molecule has 0 aliphatic carbocycles. The average molecular weight is 512 g/mol. The van der Waals surface area contributed by atoms with E-state index in [9.17, 15) is 4.79 Å². The normalized spacial score (nSPS) is 11.1. The second-order valence-electron chi connectivity index (χ2n) is 5.96. The number of amides is 1. The molecule has 0 saturated heterocycles. The minimum absolute atomic E-state index is 0.284. The van der Waals surface area contributed by atoms with Crippen LogP contribution >= 0.6 is 45.8 Å². The number of hydrogen-bond acceptors (Lipinski definition) is 2. The maximum atomic E-state index is 12.2. The minimum Gasteiger partial charge on any atom is -0.318 e. The second kappa shape index (κ2) is 8.46. The van der Waals surface area contributed by atoms with Crippen LogP contribution in [0.5, 0.6) is 0 Å². The zero-order chi connectivity index (χ0) is 19.6. The van der Waals surface area contributed by atoms with Crippen LogP contribution in [0.15, 0.2) is 53.6 Å². The van der Waals surface area contributed by atoms with Gasteiger partial charge in [-0.2, -0.15) is 5.10 Å². The van der Waals surface area contributed by atoms with Crippen LogP contribution < -0.4 is 5.43 Å². The first-order valence-electron chi connectivity index (χ1n) is 8.10. The van der Waals surface area contributed by atoms with E-state index in [0.29, 0.717) is 10.6 Å². The summed E-state index contributed by atoms with van der Waals surface area (Å²) in [7, 11) is 0. The van der Waals surface area contributed by atoms with Crippen LogP contribution in [-0.4, -0.2) is 16.7 Å². The molecule has 0 aliphatic rings. The Morgan fingerprint density at radius 1 is 1.11 bits per heavy atom. The first-order valence-corrected chi connectivity index (χ1v) is 9.93. The molecule has 4 nitrogen and oxygen atoms in total. The number of aromatic nitrogens is 1. The molecule has 0 bridgehead atoms. The lowest BCUT2D eigenvalue weighted by atomic mass is 10.2. The van der Waals surface area contributed by atoms with E-state index in [1.54, 1.807) is 18.3 Å². The number of nitrogens with one attached hydrogen (secondary N) is 1. The van der Waals surface area contributed by atoms with Crippen molar-refractivity contribution in [3.63, 3.8) is 0 Å². The van der Waals surface area contributed by atoms with Crippen molar-refractivity contribution in [2.24, 2.45) is 5.10 Å². The molecule has 0 aliphatic heterocycles. The number of carbonyl (C=O) groups excluding carboxylic acids is 1. The van der Waals surface area contributed by atoms with Gasteiger partial charge in [-0.15, -0.1) is 0 Å². The summed E-state index contributed by atoms with van der Waals surface area (Å²) in [6.07, 6.45) is 1.63. The van der Waals surface area contributed by atoms with Gasteiger partial charge in [0, 0.05) is 31.2 Å². The summed E-state index contributed by atoms with van der Waals surface area (Å²) in [6, 6.07) is 15.0. The number of benzene rings is 2. The van der Waals surface area contributed by atoms with Gasteiger partial charge in [0.05, 0.1) is 16.8 Å². The Bertz CT molecular complexity index is 1030. The van der Waals surface area contributed by atoms with Gasteiger partial charge in [0.25, 0.3) is 5.91 Å². The molecule has 1 heterocycles. The highest BCUT2D eigenvalue weighted by Crippen LogP contribution is 2.22. The molecule has 0 radical (unpaired) electrons. The van der Waals surface area contributed by atoms with E-state index in [0.717, 1.165) is 22.6 Å². The maximum absolute atomic E-state index is 12.2.